The first-order valence-electron chi connectivity index (χ1n) is 8.21. The number of rotatable bonds is 4. The quantitative estimate of drug-likeness (QED) is 0.759. The van der Waals surface area contributed by atoms with E-state index in [9.17, 15) is 14.4 Å². The maximum Gasteiger partial charge on any atom is 0.326 e. The molecule has 3 rings (SSSR count). The number of carbonyl (C=O) groups is 3. The lowest BCUT2D eigenvalue weighted by atomic mass is 9.91. The van der Waals surface area contributed by atoms with E-state index >= 15 is 0 Å². The first-order chi connectivity index (χ1) is 12.7. The molecular weight excluding hydrogens is 389 g/mol. The van der Waals surface area contributed by atoms with E-state index in [4.69, 9.17) is 23.2 Å². The van der Waals surface area contributed by atoms with Crippen molar-refractivity contribution in [1.82, 2.24) is 10.2 Å². The van der Waals surface area contributed by atoms with Crippen molar-refractivity contribution in [3.8, 4) is 0 Å². The molecule has 1 aliphatic heterocycles. The lowest BCUT2D eigenvalue weighted by Crippen LogP contribution is -2.47. The van der Waals surface area contributed by atoms with Crippen LogP contribution in [0.4, 0.5) is 10.5 Å². The molecule has 4 amide bonds. The number of hydrogen-bond donors (Lipinski definition) is 2. The van der Waals surface area contributed by atoms with E-state index in [1.807, 2.05) is 0 Å². The average molecular weight is 406 g/mol. The third-order valence-electron chi connectivity index (χ3n) is 4.49. The normalized spacial score (nSPS) is 20.4. The number of carbonyl (C=O) groups excluding carboxylic acids is 3. The van der Waals surface area contributed by atoms with Gasteiger partial charge in [0.15, 0.2) is 0 Å². The van der Waals surface area contributed by atoms with Gasteiger partial charge in [0.2, 0.25) is 5.91 Å². The van der Waals surface area contributed by atoms with Crippen LogP contribution in [0.1, 0.15) is 19.4 Å². The van der Waals surface area contributed by atoms with E-state index in [0.717, 1.165) is 4.90 Å². The lowest BCUT2D eigenvalue weighted by molar-refractivity contribution is -0.136. The molecule has 2 atom stereocenters. The molecule has 27 heavy (non-hydrogen) atoms. The largest absolute Gasteiger partial charge is 0.326 e. The van der Waals surface area contributed by atoms with Crippen molar-refractivity contribution < 1.29 is 14.4 Å². The van der Waals surface area contributed by atoms with Gasteiger partial charge in [0, 0.05) is 21.3 Å². The van der Waals surface area contributed by atoms with Crippen molar-refractivity contribution in [3.05, 3.63) is 64.1 Å². The Labute approximate surface area is 166 Å². The van der Waals surface area contributed by atoms with Crippen molar-refractivity contribution in [3.63, 3.8) is 0 Å². The Kier molecular flexibility index (Phi) is 5.13. The molecule has 0 saturated carbocycles. The monoisotopic (exact) mass is 405 g/mol. The van der Waals surface area contributed by atoms with Crippen LogP contribution in [0.3, 0.4) is 0 Å². The summed E-state index contributed by atoms with van der Waals surface area (Å²) < 4.78 is 0. The van der Waals surface area contributed by atoms with Gasteiger partial charge >= 0.3 is 6.03 Å². The lowest BCUT2D eigenvalue weighted by Gasteiger charge is -2.25. The highest BCUT2D eigenvalue weighted by molar-refractivity contribution is 6.32. The van der Waals surface area contributed by atoms with Crippen LogP contribution in [0, 0.1) is 0 Å². The summed E-state index contributed by atoms with van der Waals surface area (Å²) in [6.45, 7) is 3.05. The zero-order valence-electron chi connectivity index (χ0n) is 14.6. The van der Waals surface area contributed by atoms with Crippen LogP contribution in [0.25, 0.3) is 0 Å². The smallest absolute Gasteiger partial charge is 0.324 e. The molecule has 0 bridgehead atoms. The molecular formula is C19H17Cl2N3O3. The van der Waals surface area contributed by atoms with E-state index in [1.165, 1.54) is 6.92 Å². The third-order valence-corrected chi connectivity index (χ3v) is 5.06. The minimum Gasteiger partial charge on any atom is -0.324 e. The predicted octanol–water partition coefficient (Wildman–Crippen LogP) is 3.79. The summed E-state index contributed by atoms with van der Waals surface area (Å²) in [5, 5.41) is 6.12. The molecule has 1 aliphatic rings. The van der Waals surface area contributed by atoms with Gasteiger partial charge in [-0.25, -0.2) is 9.69 Å². The Morgan fingerprint density at radius 3 is 2.52 bits per heavy atom. The van der Waals surface area contributed by atoms with E-state index in [-0.39, 0.29) is 0 Å². The summed E-state index contributed by atoms with van der Waals surface area (Å²) in [5.74, 6) is -1.06. The van der Waals surface area contributed by atoms with Gasteiger partial charge in [-0.2, -0.15) is 0 Å². The van der Waals surface area contributed by atoms with Crippen LogP contribution in [0.2, 0.25) is 10.0 Å². The highest BCUT2D eigenvalue weighted by atomic mass is 35.5. The topological polar surface area (TPSA) is 78.5 Å². The molecule has 6 nitrogen and oxygen atoms in total. The number of nitrogens with zero attached hydrogens (tertiary/aromatic N) is 1. The summed E-state index contributed by atoms with van der Waals surface area (Å²) in [7, 11) is 0. The van der Waals surface area contributed by atoms with Crippen LogP contribution < -0.4 is 10.6 Å². The van der Waals surface area contributed by atoms with Crippen LogP contribution in [-0.4, -0.2) is 28.8 Å². The van der Waals surface area contributed by atoms with Gasteiger partial charge in [-0.05, 0) is 38.1 Å². The Morgan fingerprint density at radius 1 is 1.15 bits per heavy atom. The average Bonchev–Trinajstić information content (AvgIpc) is 2.84. The molecule has 0 radical (unpaired) electrons. The summed E-state index contributed by atoms with van der Waals surface area (Å²) in [6, 6.07) is 11.7. The Bertz CT molecular complexity index is 934. The fourth-order valence-electron chi connectivity index (χ4n) is 2.99. The molecule has 2 N–H and O–H groups in total. The molecule has 0 aromatic heterocycles. The van der Waals surface area contributed by atoms with Gasteiger partial charge in [-0.1, -0.05) is 47.5 Å². The molecule has 1 fully saturated rings. The fraction of sp³-hybridized carbons (Fsp3) is 0.211. The van der Waals surface area contributed by atoms with Gasteiger partial charge in [-0.15, -0.1) is 0 Å². The highest BCUT2D eigenvalue weighted by Gasteiger charge is 2.52. The number of imide groups is 1. The van der Waals surface area contributed by atoms with Crippen LogP contribution in [-0.2, 0) is 15.1 Å². The van der Waals surface area contributed by atoms with E-state index in [0.29, 0.717) is 21.3 Å². The second-order valence-corrected chi connectivity index (χ2v) is 7.23. The maximum absolute atomic E-state index is 13.0. The molecule has 0 unspecified atom stereocenters. The van der Waals surface area contributed by atoms with Crippen LogP contribution in [0.5, 0.6) is 0 Å². The fourth-order valence-corrected chi connectivity index (χ4v) is 3.51. The minimum absolute atomic E-state index is 0.353. The van der Waals surface area contributed by atoms with Crippen molar-refractivity contribution >= 4 is 46.7 Å². The third kappa shape index (κ3) is 3.50. The number of amides is 4. The molecule has 140 valence electrons. The van der Waals surface area contributed by atoms with Crippen LogP contribution >= 0.6 is 23.2 Å². The zero-order valence-corrected chi connectivity index (χ0v) is 16.1. The van der Waals surface area contributed by atoms with Gasteiger partial charge in [0.05, 0.1) is 0 Å². The van der Waals surface area contributed by atoms with Gasteiger partial charge < -0.3 is 10.6 Å². The van der Waals surface area contributed by atoms with Gasteiger partial charge in [0.1, 0.15) is 11.6 Å². The first-order valence-corrected chi connectivity index (χ1v) is 8.97. The number of anilines is 1. The van der Waals surface area contributed by atoms with E-state index in [2.05, 4.69) is 10.6 Å². The molecule has 2 aromatic carbocycles. The molecule has 0 spiro atoms. The minimum atomic E-state index is -1.35. The molecule has 8 heteroatoms. The number of benzene rings is 2. The van der Waals surface area contributed by atoms with Crippen molar-refractivity contribution in [2.75, 3.05) is 5.32 Å². The number of nitrogens with one attached hydrogen (secondary N) is 2. The Balaban J connectivity index is 1.84. The van der Waals surface area contributed by atoms with Crippen molar-refractivity contribution in [2.45, 2.75) is 25.4 Å². The zero-order chi connectivity index (χ0) is 19.8. The molecule has 2 aromatic rings. The molecule has 1 saturated heterocycles. The van der Waals surface area contributed by atoms with Gasteiger partial charge in [-0.3, -0.25) is 9.59 Å². The van der Waals surface area contributed by atoms with Crippen molar-refractivity contribution in [1.29, 1.82) is 0 Å². The summed E-state index contributed by atoms with van der Waals surface area (Å²) in [6.07, 6.45) is 0. The summed E-state index contributed by atoms with van der Waals surface area (Å²) >= 11 is 12.1. The Morgan fingerprint density at radius 2 is 1.85 bits per heavy atom. The molecule has 1 heterocycles. The van der Waals surface area contributed by atoms with Crippen LogP contribution in [0.15, 0.2) is 48.5 Å². The summed E-state index contributed by atoms with van der Waals surface area (Å²) in [4.78, 5) is 39.0. The molecule has 0 aliphatic carbocycles. The SMILES string of the molecule is C[C@H](C(=O)Nc1cccc(Cl)c1)N1C(=O)N[C@](C)(c2ccccc2Cl)C1=O. The van der Waals surface area contributed by atoms with E-state index < -0.39 is 29.4 Å². The summed E-state index contributed by atoms with van der Waals surface area (Å²) in [5.41, 5.74) is -0.407. The van der Waals surface area contributed by atoms with Crippen molar-refractivity contribution in [2.24, 2.45) is 0 Å². The number of halogens is 2. The maximum atomic E-state index is 13.0. The predicted molar refractivity (Wildman–Crippen MR) is 104 cm³/mol. The Hall–Kier alpha value is -2.57. The van der Waals surface area contributed by atoms with E-state index in [1.54, 1.807) is 55.5 Å². The highest BCUT2D eigenvalue weighted by Crippen LogP contribution is 2.34. The standard InChI is InChI=1S/C19H17Cl2N3O3/c1-11(16(25)22-13-7-5-6-12(20)10-13)24-17(26)19(2,23-18(24)27)14-8-3-4-9-15(14)21/h3-11H,1-2H3,(H,22,25)(H,23,27)/t11-,19-/m1/s1. The second-order valence-electron chi connectivity index (χ2n) is 6.39. The number of urea groups is 1. The number of hydrogen-bond acceptors (Lipinski definition) is 3. The van der Waals surface area contributed by atoms with Gasteiger partial charge in [0.25, 0.3) is 5.91 Å². The second kappa shape index (κ2) is 7.21. The first kappa shape index (κ1) is 19.2.